The van der Waals surface area contributed by atoms with Gasteiger partial charge >= 0.3 is 21.7 Å². The van der Waals surface area contributed by atoms with Gasteiger partial charge in [-0.2, -0.15) is 11.8 Å². The van der Waals surface area contributed by atoms with Crippen LogP contribution in [0.3, 0.4) is 0 Å². The molecule has 7 rings (SSSR count). The summed E-state index contributed by atoms with van der Waals surface area (Å²) < 4.78 is 5.46. The predicted molar refractivity (Wildman–Crippen MR) is 136 cm³/mol. The zero-order valence-electron chi connectivity index (χ0n) is 21.3. The SMILES string of the molecule is COc1ccccc1-c1ccccc1N=C1CC(C)=CC=C1O.[CH-]1C2CC3CC1CC(C2)C3.[Cl-].[Cl-].[Cl-].[Ti+4]. The normalized spacial score (nSPS) is 25.5. The monoisotopic (exact) mass is 593 g/mol. The zero-order chi connectivity index (χ0) is 22.8. The van der Waals surface area contributed by atoms with Crippen molar-refractivity contribution in [3.05, 3.63) is 78.4 Å². The number of para-hydroxylation sites is 2. The molecule has 0 atom stereocenters. The largest absolute Gasteiger partial charge is 4.00 e. The smallest absolute Gasteiger partial charge is 1.00 e. The van der Waals surface area contributed by atoms with Crippen molar-refractivity contribution in [3.63, 3.8) is 0 Å². The van der Waals surface area contributed by atoms with Crippen LogP contribution in [0.5, 0.6) is 5.75 Å². The summed E-state index contributed by atoms with van der Waals surface area (Å²) in [6.07, 6.45) is 14.7. The summed E-state index contributed by atoms with van der Waals surface area (Å²) in [6, 6.07) is 15.8. The first-order valence-electron chi connectivity index (χ1n) is 12.3. The summed E-state index contributed by atoms with van der Waals surface area (Å²) in [7, 11) is 1.66. The van der Waals surface area contributed by atoms with Crippen LogP contribution in [0.25, 0.3) is 11.1 Å². The standard InChI is InChI=1S/C20H19NO2.C10H15.3ClH.Ti/c1-14-11-12-19(22)18(13-14)21-17-9-5-3-7-15(17)16-8-4-6-10-20(16)23-2;1-7-2-9-4-8(1)5-10(3-7)6-9;;;;/h3-12,22H,13H2,1-2H3;1,7-10H,2-6H2;3*1H;/q;-1;;;;+4/p-3. The van der Waals surface area contributed by atoms with Crippen molar-refractivity contribution >= 4 is 11.4 Å². The van der Waals surface area contributed by atoms with E-state index in [4.69, 9.17) is 9.73 Å². The fourth-order valence-electron chi connectivity index (χ4n) is 6.29. The number of nitrogens with zero attached hydrogens (tertiary/aromatic N) is 1. The van der Waals surface area contributed by atoms with Crippen LogP contribution in [0.2, 0.25) is 0 Å². The molecule has 5 aliphatic carbocycles. The van der Waals surface area contributed by atoms with Crippen molar-refractivity contribution in [3.8, 4) is 16.9 Å². The third-order valence-electron chi connectivity index (χ3n) is 7.58. The van der Waals surface area contributed by atoms with Crippen LogP contribution in [-0.2, 0) is 21.7 Å². The van der Waals surface area contributed by atoms with Crippen molar-refractivity contribution < 1.29 is 68.8 Å². The van der Waals surface area contributed by atoms with Crippen LogP contribution < -0.4 is 42.0 Å². The summed E-state index contributed by atoms with van der Waals surface area (Å²) >= 11 is 0. The Morgan fingerprint density at radius 1 is 0.811 bits per heavy atom. The Bertz CT molecular complexity index is 1060. The van der Waals surface area contributed by atoms with E-state index in [1.165, 1.54) is 5.57 Å². The van der Waals surface area contributed by atoms with Gasteiger partial charge in [0, 0.05) is 17.5 Å². The number of methoxy groups -OCH3 is 1. The summed E-state index contributed by atoms with van der Waals surface area (Å²) in [5.74, 6) is 5.43. The molecule has 0 radical (unpaired) electrons. The Morgan fingerprint density at radius 3 is 1.97 bits per heavy atom. The van der Waals surface area contributed by atoms with Gasteiger partial charge in [0.25, 0.3) is 0 Å². The Hall–Kier alpha value is -1.23. The number of aliphatic imine (C=N–C) groups is 1. The van der Waals surface area contributed by atoms with Crippen molar-refractivity contribution in [2.75, 3.05) is 7.11 Å². The molecule has 2 aromatic rings. The number of halogens is 3. The second-order valence-electron chi connectivity index (χ2n) is 10.1. The quantitative estimate of drug-likeness (QED) is 0.362. The second-order valence-corrected chi connectivity index (χ2v) is 10.1. The number of aliphatic hydroxyl groups is 1. The van der Waals surface area contributed by atoms with E-state index in [2.05, 4.69) is 6.42 Å². The Morgan fingerprint density at radius 2 is 1.38 bits per heavy atom. The van der Waals surface area contributed by atoms with Gasteiger partial charge in [-0.1, -0.05) is 73.7 Å². The van der Waals surface area contributed by atoms with Gasteiger partial charge in [-0.3, -0.25) is 0 Å². The molecule has 4 fully saturated rings. The van der Waals surface area contributed by atoms with E-state index in [-0.39, 0.29) is 64.7 Å². The van der Waals surface area contributed by atoms with Crippen LogP contribution >= 0.6 is 0 Å². The van der Waals surface area contributed by atoms with Gasteiger partial charge in [0.2, 0.25) is 0 Å². The molecule has 4 bridgehead atoms. The first-order chi connectivity index (χ1) is 16.1. The Kier molecular flexibility index (Phi) is 14.1. The molecular formula is C30H34Cl3NO2Ti. The van der Waals surface area contributed by atoms with E-state index in [0.717, 1.165) is 46.2 Å². The molecular weight excluding hydrogens is 561 g/mol. The van der Waals surface area contributed by atoms with Crippen molar-refractivity contribution in [1.82, 2.24) is 0 Å². The summed E-state index contributed by atoms with van der Waals surface area (Å²) in [4.78, 5) is 4.70. The molecule has 0 amide bonds. The molecule has 0 unspecified atom stereocenters. The number of rotatable bonds is 3. The summed E-state index contributed by atoms with van der Waals surface area (Å²) in [5.41, 5.74) is 4.66. The van der Waals surface area contributed by atoms with Gasteiger partial charge < -0.3 is 53.5 Å². The van der Waals surface area contributed by atoms with Crippen molar-refractivity contribution in [2.45, 2.75) is 45.4 Å². The first-order valence-corrected chi connectivity index (χ1v) is 12.3. The Balaban J connectivity index is 0.000000413. The molecule has 7 heteroatoms. The number of allylic oxidation sites excluding steroid dienone is 4. The van der Waals surface area contributed by atoms with Gasteiger partial charge in [0.1, 0.15) is 11.5 Å². The van der Waals surface area contributed by atoms with E-state index in [1.807, 2.05) is 61.5 Å². The van der Waals surface area contributed by atoms with Crippen LogP contribution in [0.15, 0.2) is 77.0 Å². The van der Waals surface area contributed by atoms with Gasteiger partial charge in [0.05, 0.1) is 18.5 Å². The van der Waals surface area contributed by atoms with E-state index >= 15 is 0 Å². The maximum Gasteiger partial charge on any atom is 4.00 e. The average Bonchev–Trinajstić information content (AvgIpc) is 2.81. The van der Waals surface area contributed by atoms with Crippen molar-refractivity contribution in [2.24, 2.45) is 28.7 Å². The predicted octanol–water partition coefficient (Wildman–Crippen LogP) is -1.12. The molecule has 0 aromatic heterocycles. The fraction of sp³-hybridized carbons (Fsp3) is 0.400. The van der Waals surface area contributed by atoms with E-state index in [1.54, 1.807) is 45.3 Å². The molecule has 2 aromatic carbocycles. The number of ether oxygens (including phenoxy) is 1. The minimum Gasteiger partial charge on any atom is -1.00 e. The minimum absolute atomic E-state index is 0. The average molecular weight is 595 g/mol. The van der Waals surface area contributed by atoms with Gasteiger partial charge in [-0.25, -0.2) is 4.99 Å². The minimum atomic E-state index is 0. The third kappa shape index (κ3) is 8.13. The molecule has 196 valence electrons. The Labute approximate surface area is 255 Å². The molecule has 5 aliphatic rings. The molecule has 0 heterocycles. The van der Waals surface area contributed by atoms with Crippen LogP contribution in [-0.4, -0.2) is 17.9 Å². The topological polar surface area (TPSA) is 41.8 Å². The van der Waals surface area contributed by atoms with Crippen LogP contribution in [0.4, 0.5) is 5.69 Å². The number of hydrogen-bond donors (Lipinski definition) is 1. The fourth-order valence-corrected chi connectivity index (χ4v) is 6.29. The number of hydrogen-bond acceptors (Lipinski definition) is 3. The maximum atomic E-state index is 10.1. The zero-order valence-corrected chi connectivity index (χ0v) is 25.2. The van der Waals surface area contributed by atoms with Gasteiger partial charge in [-0.05, 0) is 43.4 Å². The van der Waals surface area contributed by atoms with Gasteiger partial charge in [-0.15, -0.1) is 0 Å². The van der Waals surface area contributed by atoms with Crippen molar-refractivity contribution in [1.29, 1.82) is 0 Å². The van der Waals surface area contributed by atoms with Crippen LogP contribution in [0.1, 0.15) is 45.4 Å². The van der Waals surface area contributed by atoms with E-state index in [9.17, 15) is 5.11 Å². The molecule has 3 nitrogen and oxygen atoms in total. The maximum absolute atomic E-state index is 10.1. The van der Waals surface area contributed by atoms with E-state index in [0.29, 0.717) is 12.1 Å². The first kappa shape index (κ1) is 33.8. The molecule has 37 heavy (non-hydrogen) atoms. The van der Waals surface area contributed by atoms with Crippen LogP contribution in [0, 0.1) is 30.1 Å². The third-order valence-corrected chi connectivity index (χ3v) is 7.58. The number of aliphatic hydroxyl groups excluding tert-OH is 1. The summed E-state index contributed by atoms with van der Waals surface area (Å²) in [6.45, 7) is 2.03. The molecule has 0 aliphatic heterocycles. The molecule has 0 saturated heterocycles. The molecule has 0 spiro atoms. The van der Waals surface area contributed by atoms with Gasteiger partial charge in [0.15, 0.2) is 0 Å². The summed E-state index contributed by atoms with van der Waals surface area (Å²) in [5, 5.41) is 10.1. The number of benzene rings is 2. The molecule has 1 N–H and O–H groups in total. The molecule has 4 saturated carbocycles. The van der Waals surface area contributed by atoms with E-state index < -0.39 is 0 Å². The second kappa shape index (κ2) is 15.4.